The summed E-state index contributed by atoms with van der Waals surface area (Å²) in [4.78, 5) is 13.3. The number of primary amides is 1. The Labute approximate surface area is 112 Å². The zero-order valence-electron chi connectivity index (χ0n) is 11.1. The van der Waals surface area contributed by atoms with Crippen LogP contribution in [0.3, 0.4) is 0 Å². The predicted molar refractivity (Wildman–Crippen MR) is 70.1 cm³/mol. The molecule has 19 heavy (non-hydrogen) atoms. The van der Waals surface area contributed by atoms with Crippen molar-refractivity contribution in [3.63, 3.8) is 0 Å². The van der Waals surface area contributed by atoms with Crippen LogP contribution in [0.1, 0.15) is 18.4 Å². The number of piperidine rings is 1. The number of amides is 1. The number of hydrogen-bond acceptors (Lipinski definition) is 3. The molecule has 1 fully saturated rings. The number of nitrogens with zero attached hydrogens (tertiary/aromatic N) is 1. The molecule has 1 aromatic rings. The van der Waals surface area contributed by atoms with Gasteiger partial charge >= 0.3 is 0 Å². The van der Waals surface area contributed by atoms with Crippen molar-refractivity contribution in [1.29, 1.82) is 0 Å². The van der Waals surface area contributed by atoms with Gasteiger partial charge in [-0.25, -0.2) is 4.39 Å². The van der Waals surface area contributed by atoms with Gasteiger partial charge in [-0.05, 0) is 43.6 Å². The largest absolute Gasteiger partial charge is 0.494 e. The third-order valence-electron chi connectivity index (χ3n) is 3.61. The van der Waals surface area contributed by atoms with Crippen molar-refractivity contribution in [2.45, 2.75) is 19.4 Å². The number of halogens is 1. The monoisotopic (exact) mass is 266 g/mol. The second-order valence-electron chi connectivity index (χ2n) is 4.92. The molecule has 0 saturated carbocycles. The summed E-state index contributed by atoms with van der Waals surface area (Å²) in [7, 11) is 1.45. The van der Waals surface area contributed by atoms with E-state index >= 15 is 0 Å². The molecule has 5 heteroatoms. The number of ether oxygens (including phenoxy) is 1. The van der Waals surface area contributed by atoms with Crippen LogP contribution in [0, 0.1) is 11.7 Å². The van der Waals surface area contributed by atoms with Crippen molar-refractivity contribution >= 4 is 5.91 Å². The Morgan fingerprint density at radius 2 is 2.16 bits per heavy atom. The van der Waals surface area contributed by atoms with E-state index in [1.54, 1.807) is 6.07 Å². The van der Waals surface area contributed by atoms with Gasteiger partial charge in [0.2, 0.25) is 5.91 Å². The summed E-state index contributed by atoms with van der Waals surface area (Å²) in [5, 5.41) is 0. The molecule has 4 nitrogen and oxygen atoms in total. The van der Waals surface area contributed by atoms with E-state index in [4.69, 9.17) is 10.5 Å². The Morgan fingerprint density at radius 1 is 1.47 bits per heavy atom. The van der Waals surface area contributed by atoms with Gasteiger partial charge in [0.1, 0.15) is 0 Å². The molecule has 1 saturated heterocycles. The van der Waals surface area contributed by atoms with Gasteiger partial charge in [0.25, 0.3) is 0 Å². The molecule has 0 aliphatic carbocycles. The van der Waals surface area contributed by atoms with E-state index in [2.05, 4.69) is 4.90 Å². The average Bonchev–Trinajstić information content (AvgIpc) is 2.39. The molecular formula is C14H19FN2O2. The summed E-state index contributed by atoms with van der Waals surface area (Å²) in [5.41, 5.74) is 6.21. The standard InChI is InChI=1S/C14H19FN2O2/c1-19-13-3-2-10(8-12(13)15)9-17-6-4-11(5-7-17)14(16)18/h2-3,8,11H,4-7,9H2,1H3,(H2,16,18). The lowest BCUT2D eigenvalue weighted by atomic mass is 9.96. The number of methoxy groups -OCH3 is 1. The Morgan fingerprint density at radius 3 is 2.68 bits per heavy atom. The van der Waals surface area contributed by atoms with Crippen LogP contribution in [-0.4, -0.2) is 31.0 Å². The zero-order chi connectivity index (χ0) is 13.8. The number of nitrogens with two attached hydrogens (primary N) is 1. The van der Waals surface area contributed by atoms with Crippen molar-refractivity contribution in [3.8, 4) is 5.75 Å². The molecular weight excluding hydrogens is 247 g/mol. The molecule has 0 unspecified atom stereocenters. The van der Waals surface area contributed by atoms with Crippen LogP contribution >= 0.6 is 0 Å². The highest BCUT2D eigenvalue weighted by molar-refractivity contribution is 5.76. The maximum Gasteiger partial charge on any atom is 0.220 e. The number of rotatable bonds is 4. The maximum atomic E-state index is 13.6. The molecule has 1 aliphatic heterocycles. The molecule has 1 heterocycles. The quantitative estimate of drug-likeness (QED) is 0.899. The number of hydrogen-bond donors (Lipinski definition) is 1. The fourth-order valence-corrected chi connectivity index (χ4v) is 2.44. The van der Waals surface area contributed by atoms with E-state index in [9.17, 15) is 9.18 Å². The van der Waals surface area contributed by atoms with Crippen LogP contribution < -0.4 is 10.5 Å². The minimum absolute atomic E-state index is 0.0103. The maximum absolute atomic E-state index is 13.6. The molecule has 2 N–H and O–H groups in total. The molecule has 0 spiro atoms. The van der Waals surface area contributed by atoms with Crippen LogP contribution in [0.4, 0.5) is 4.39 Å². The first-order valence-electron chi connectivity index (χ1n) is 6.44. The minimum Gasteiger partial charge on any atom is -0.494 e. The molecule has 1 aromatic carbocycles. The van der Waals surface area contributed by atoms with E-state index in [0.29, 0.717) is 6.54 Å². The summed E-state index contributed by atoms with van der Waals surface area (Å²) in [6, 6.07) is 5.00. The van der Waals surface area contributed by atoms with E-state index < -0.39 is 0 Å². The number of carbonyl (C=O) groups excluding carboxylic acids is 1. The first-order chi connectivity index (χ1) is 9.10. The summed E-state index contributed by atoms with van der Waals surface area (Å²) in [6.45, 7) is 2.33. The molecule has 0 bridgehead atoms. The van der Waals surface area contributed by atoms with E-state index in [1.165, 1.54) is 13.2 Å². The van der Waals surface area contributed by atoms with Crippen LogP contribution in [0.15, 0.2) is 18.2 Å². The van der Waals surface area contributed by atoms with Crippen molar-refractivity contribution < 1.29 is 13.9 Å². The van der Waals surface area contributed by atoms with Gasteiger partial charge in [-0.1, -0.05) is 6.07 Å². The zero-order valence-corrected chi connectivity index (χ0v) is 11.1. The van der Waals surface area contributed by atoms with Crippen molar-refractivity contribution in [1.82, 2.24) is 4.90 Å². The van der Waals surface area contributed by atoms with Crippen LogP contribution in [0.2, 0.25) is 0 Å². The summed E-state index contributed by atoms with van der Waals surface area (Å²) in [5.74, 6) is -0.304. The van der Waals surface area contributed by atoms with Gasteiger partial charge in [-0.2, -0.15) is 0 Å². The summed E-state index contributed by atoms with van der Waals surface area (Å²) >= 11 is 0. The Hall–Kier alpha value is -1.62. The lowest BCUT2D eigenvalue weighted by Crippen LogP contribution is -2.38. The Balaban J connectivity index is 1.92. The molecule has 0 radical (unpaired) electrons. The second kappa shape index (κ2) is 6.02. The van der Waals surface area contributed by atoms with E-state index in [0.717, 1.165) is 31.5 Å². The molecule has 1 amide bonds. The van der Waals surface area contributed by atoms with Gasteiger partial charge in [0.15, 0.2) is 11.6 Å². The summed E-state index contributed by atoms with van der Waals surface area (Å²) in [6.07, 6.45) is 1.57. The normalized spacial score (nSPS) is 17.4. The van der Waals surface area contributed by atoms with E-state index in [1.807, 2.05) is 6.07 Å². The predicted octanol–water partition coefficient (Wildman–Crippen LogP) is 1.53. The SMILES string of the molecule is COc1ccc(CN2CCC(C(N)=O)CC2)cc1F. The lowest BCUT2D eigenvalue weighted by molar-refractivity contribution is -0.123. The number of likely N-dealkylation sites (tertiary alicyclic amines) is 1. The first-order valence-corrected chi connectivity index (χ1v) is 6.44. The smallest absolute Gasteiger partial charge is 0.220 e. The first kappa shape index (κ1) is 13.8. The highest BCUT2D eigenvalue weighted by Crippen LogP contribution is 2.21. The van der Waals surface area contributed by atoms with Crippen LogP contribution in [-0.2, 0) is 11.3 Å². The Kier molecular flexibility index (Phi) is 4.37. The third kappa shape index (κ3) is 3.44. The number of carbonyl (C=O) groups is 1. The van der Waals surface area contributed by atoms with Gasteiger partial charge < -0.3 is 10.5 Å². The Bertz CT molecular complexity index is 457. The molecule has 1 aliphatic rings. The second-order valence-corrected chi connectivity index (χ2v) is 4.92. The molecule has 2 rings (SSSR count). The third-order valence-corrected chi connectivity index (χ3v) is 3.61. The van der Waals surface area contributed by atoms with Crippen molar-refractivity contribution in [3.05, 3.63) is 29.6 Å². The highest BCUT2D eigenvalue weighted by atomic mass is 19.1. The minimum atomic E-state index is -0.341. The van der Waals surface area contributed by atoms with Gasteiger partial charge in [0, 0.05) is 12.5 Å². The highest BCUT2D eigenvalue weighted by Gasteiger charge is 2.23. The van der Waals surface area contributed by atoms with Crippen molar-refractivity contribution in [2.24, 2.45) is 11.7 Å². The topological polar surface area (TPSA) is 55.6 Å². The molecule has 0 aromatic heterocycles. The lowest BCUT2D eigenvalue weighted by Gasteiger charge is -2.30. The number of benzene rings is 1. The van der Waals surface area contributed by atoms with E-state index in [-0.39, 0.29) is 23.4 Å². The molecule has 0 atom stereocenters. The van der Waals surface area contributed by atoms with Crippen LogP contribution in [0.5, 0.6) is 5.75 Å². The summed E-state index contributed by atoms with van der Waals surface area (Å²) < 4.78 is 18.5. The van der Waals surface area contributed by atoms with Crippen LogP contribution in [0.25, 0.3) is 0 Å². The fraction of sp³-hybridized carbons (Fsp3) is 0.500. The van der Waals surface area contributed by atoms with Gasteiger partial charge in [0.05, 0.1) is 7.11 Å². The molecule has 104 valence electrons. The van der Waals surface area contributed by atoms with Gasteiger partial charge in [-0.15, -0.1) is 0 Å². The fourth-order valence-electron chi connectivity index (χ4n) is 2.44. The van der Waals surface area contributed by atoms with Gasteiger partial charge in [-0.3, -0.25) is 9.69 Å². The average molecular weight is 266 g/mol. The van der Waals surface area contributed by atoms with Crippen molar-refractivity contribution in [2.75, 3.05) is 20.2 Å².